The summed E-state index contributed by atoms with van der Waals surface area (Å²) >= 11 is 0. The smallest absolute Gasteiger partial charge is 0.344 e. The molecule has 0 aromatic heterocycles. The lowest BCUT2D eigenvalue weighted by atomic mass is 10.9. The maximum Gasteiger partial charge on any atom is 0.344 e. The van der Waals surface area contributed by atoms with Gasteiger partial charge in [0.05, 0.1) is 6.17 Å². The van der Waals surface area contributed by atoms with Crippen molar-refractivity contribution in [3.8, 4) is 0 Å². The van der Waals surface area contributed by atoms with Gasteiger partial charge in [0.15, 0.2) is 0 Å². The van der Waals surface area contributed by atoms with Crippen LogP contribution in [-0.2, 0) is 13.6 Å². The maximum absolute atomic E-state index is 9.74. The van der Waals surface area contributed by atoms with Gasteiger partial charge in [0.1, 0.15) is 0 Å². The van der Waals surface area contributed by atoms with Gasteiger partial charge >= 0.3 is 9.28 Å². The first-order valence-electron chi connectivity index (χ1n) is 3.62. The number of aliphatic imine (C=N–C) groups is 1. The summed E-state index contributed by atoms with van der Waals surface area (Å²) < 4.78 is 10.5. The average Bonchev–Trinajstić information content (AvgIpc) is 2.01. The monoisotopic (exact) mass is 175 g/mol. The van der Waals surface area contributed by atoms with Gasteiger partial charge in [-0.05, 0) is 13.8 Å². The first-order valence-corrected chi connectivity index (χ1v) is 5.37. The van der Waals surface area contributed by atoms with Crippen molar-refractivity contribution in [3.63, 3.8) is 0 Å². The second-order valence-corrected chi connectivity index (χ2v) is 3.66. The second-order valence-electron chi connectivity index (χ2n) is 1.77. The van der Waals surface area contributed by atoms with Gasteiger partial charge in [0.25, 0.3) is 0 Å². The number of rotatable bonds is 6. The molecule has 0 saturated heterocycles. The second kappa shape index (κ2) is 7.62. The van der Waals surface area contributed by atoms with Crippen LogP contribution in [-0.4, -0.2) is 34.7 Å². The van der Waals surface area contributed by atoms with E-state index >= 15 is 0 Å². The Morgan fingerprint density at radius 3 is 2.27 bits per heavy atom. The first kappa shape index (κ1) is 10.5. The standard InChI is InChI=1S/C6H13NO3Si/c1-3-9-11(10-4-2)6-7-5-8/h11H,3-4,6H2,1-2H3. The highest BCUT2D eigenvalue weighted by Gasteiger charge is 2.09. The molecular weight excluding hydrogens is 162 g/mol. The molecule has 0 aliphatic carbocycles. The summed E-state index contributed by atoms with van der Waals surface area (Å²) in [5.41, 5.74) is 0. The number of nitrogens with zero attached hydrogens (tertiary/aromatic N) is 1. The lowest BCUT2D eigenvalue weighted by molar-refractivity contribution is 0.215. The van der Waals surface area contributed by atoms with E-state index in [4.69, 9.17) is 8.85 Å². The number of hydrogen-bond acceptors (Lipinski definition) is 4. The minimum atomic E-state index is -1.68. The van der Waals surface area contributed by atoms with E-state index in [1.807, 2.05) is 13.8 Å². The Morgan fingerprint density at radius 2 is 1.91 bits per heavy atom. The molecule has 5 heteroatoms. The van der Waals surface area contributed by atoms with E-state index in [0.717, 1.165) is 0 Å². The maximum atomic E-state index is 9.74. The third-order valence-electron chi connectivity index (χ3n) is 1.01. The van der Waals surface area contributed by atoms with Crippen molar-refractivity contribution < 1.29 is 13.6 Å². The first-order chi connectivity index (χ1) is 5.35. The lowest BCUT2D eigenvalue weighted by Crippen LogP contribution is -2.26. The van der Waals surface area contributed by atoms with Gasteiger partial charge in [-0.2, -0.15) is 0 Å². The van der Waals surface area contributed by atoms with Crippen LogP contribution in [0, 0.1) is 0 Å². The summed E-state index contributed by atoms with van der Waals surface area (Å²) in [5, 5.41) is 0. The van der Waals surface area contributed by atoms with Crippen molar-refractivity contribution in [2.24, 2.45) is 4.99 Å². The van der Waals surface area contributed by atoms with Gasteiger partial charge in [-0.15, -0.1) is 0 Å². The van der Waals surface area contributed by atoms with E-state index in [0.29, 0.717) is 19.4 Å². The summed E-state index contributed by atoms with van der Waals surface area (Å²) in [6.45, 7) is 5.02. The zero-order valence-corrected chi connectivity index (χ0v) is 8.03. The van der Waals surface area contributed by atoms with Gasteiger partial charge < -0.3 is 8.85 Å². The molecule has 0 atom stereocenters. The number of isocyanates is 1. The van der Waals surface area contributed by atoms with Gasteiger partial charge in [0, 0.05) is 13.2 Å². The van der Waals surface area contributed by atoms with Crippen LogP contribution in [0.4, 0.5) is 0 Å². The fourth-order valence-electron chi connectivity index (χ4n) is 0.637. The minimum Gasteiger partial charge on any atom is -0.396 e. The summed E-state index contributed by atoms with van der Waals surface area (Å²) in [6.07, 6.45) is 1.83. The van der Waals surface area contributed by atoms with Crippen molar-refractivity contribution in [2.75, 3.05) is 19.4 Å². The topological polar surface area (TPSA) is 47.9 Å². The van der Waals surface area contributed by atoms with Crippen LogP contribution in [0.25, 0.3) is 0 Å². The molecule has 0 spiro atoms. The van der Waals surface area contributed by atoms with Gasteiger partial charge in [-0.1, -0.05) is 0 Å². The molecule has 0 rings (SSSR count). The van der Waals surface area contributed by atoms with Gasteiger partial charge in [-0.25, -0.2) is 9.79 Å². The van der Waals surface area contributed by atoms with Gasteiger partial charge in [-0.3, -0.25) is 0 Å². The van der Waals surface area contributed by atoms with Crippen LogP contribution in [0.1, 0.15) is 13.8 Å². The van der Waals surface area contributed by atoms with E-state index in [9.17, 15) is 4.79 Å². The van der Waals surface area contributed by atoms with Crippen molar-refractivity contribution in [1.29, 1.82) is 0 Å². The summed E-state index contributed by atoms with van der Waals surface area (Å²) in [4.78, 5) is 13.2. The predicted molar refractivity (Wildman–Crippen MR) is 43.4 cm³/mol. The highest BCUT2D eigenvalue weighted by molar-refractivity contribution is 6.44. The highest BCUT2D eigenvalue weighted by atomic mass is 28.3. The molecule has 0 aromatic rings. The Labute approximate surface area is 68.1 Å². The molecule has 0 aliphatic heterocycles. The van der Waals surface area contributed by atoms with E-state index in [1.54, 1.807) is 0 Å². The molecule has 0 radical (unpaired) electrons. The van der Waals surface area contributed by atoms with Crippen LogP contribution in [0.2, 0.25) is 0 Å². The molecule has 4 nitrogen and oxygen atoms in total. The summed E-state index contributed by atoms with van der Waals surface area (Å²) in [6, 6.07) is 0. The predicted octanol–water partition coefficient (Wildman–Crippen LogP) is 0.155. The third-order valence-corrected chi connectivity index (χ3v) is 2.90. The fourth-order valence-corrected chi connectivity index (χ4v) is 1.91. The molecule has 0 saturated carbocycles. The fraction of sp³-hybridized carbons (Fsp3) is 0.833. The highest BCUT2D eigenvalue weighted by Crippen LogP contribution is 1.89. The Balaban J connectivity index is 3.58. The molecule has 0 heterocycles. The number of hydrogen-bond donors (Lipinski definition) is 0. The Hall–Kier alpha value is -0.483. The lowest BCUT2D eigenvalue weighted by Gasteiger charge is -2.10. The van der Waals surface area contributed by atoms with Crippen LogP contribution in [0.5, 0.6) is 0 Å². The average molecular weight is 175 g/mol. The van der Waals surface area contributed by atoms with Crippen LogP contribution in [0.3, 0.4) is 0 Å². The van der Waals surface area contributed by atoms with E-state index in [1.165, 1.54) is 6.08 Å². The molecule has 0 unspecified atom stereocenters. The quantitative estimate of drug-likeness (QED) is 0.328. The van der Waals surface area contributed by atoms with E-state index in [2.05, 4.69) is 4.99 Å². The third kappa shape index (κ3) is 5.94. The molecule has 0 amide bonds. The Kier molecular flexibility index (Phi) is 7.29. The normalized spacial score (nSPS) is 9.73. The Bertz CT molecular complexity index is 130. The molecule has 0 aromatic carbocycles. The zero-order valence-electron chi connectivity index (χ0n) is 6.87. The van der Waals surface area contributed by atoms with Crippen LogP contribution < -0.4 is 0 Å². The van der Waals surface area contributed by atoms with Crippen LogP contribution in [0.15, 0.2) is 4.99 Å². The Morgan fingerprint density at radius 1 is 1.36 bits per heavy atom. The van der Waals surface area contributed by atoms with E-state index < -0.39 is 9.28 Å². The molecule has 0 fully saturated rings. The van der Waals surface area contributed by atoms with Crippen molar-refractivity contribution in [2.45, 2.75) is 13.8 Å². The molecule has 64 valence electrons. The molecule has 11 heavy (non-hydrogen) atoms. The summed E-state index contributed by atoms with van der Waals surface area (Å²) in [5.74, 6) is 0. The molecule has 0 bridgehead atoms. The number of carbonyl (C=O) groups excluding carboxylic acids is 1. The van der Waals surface area contributed by atoms with Crippen molar-refractivity contribution in [1.82, 2.24) is 0 Å². The minimum absolute atomic E-state index is 0.366. The molecule has 0 aliphatic rings. The van der Waals surface area contributed by atoms with Crippen molar-refractivity contribution in [3.05, 3.63) is 0 Å². The van der Waals surface area contributed by atoms with Crippen LogP contribution >= 0.6 is 0 Å². The van der Waals surface area contributed by atoms with Crippen molar-refractivity contribution >= 4 is 15.4 Å². The largest absolute Gasteiger partial charge is 0.396 e. The summed E-state index contributed by atoms with van der Waals surface area (Å²) in [7, 11) is -1.68. The molecule has 0 N–H and O–H groups in total. The van der Waals surface area contributed by atoms with E-state index in [-0.39, 0.29) is 0 Å². The SMILES string of the molecule is CCO[SiH](CN=C=O)OCC. The zero-order chi connectivity index (χ0) is 8.53. The van der Waals surface area contributed by atoms with Gasteiger partial charge in [0.2, 0.25) is 6.08 Å². The molecular formula is C6H13NO3Si.